The lowest BCUT2D eigenvalue weighted by Crippen LogP contribution is -2.61. The standard InChI is InChI=1S/C40H47F2N5O10S/c1-20-5-3-4-6-24-18-39(24,37(50)45-58(53,54)27-7-8-27)44-34(48)30-17-26(55-35-29-9-10-31-33(28(29)11-12-43-35)57-40(41,42)56-31)19-46(30)36(49)32(21(2)13-20)47(38(51)52)25-15-22-14-23(22)16-25/h4,6,9-12,20-27,30,32H,3,5,7-8,13-19H2,1-2H3,(H,44,48)(H,45,50)(H,51,52)/b6-4-/t20-,21+,22-,23?,24+,25+,26+,30-,32-,39+/m0/s1. The molecule has 58 heavy (non-hydrogen) atoms. The largest absolute Gasteiger partial charge is 0.586 e. The highest BCUT2D eigenvalue weighted by Crippen LogP contribution is 2.54. The number of halogens is 2. The van der Waals surface area contributed by atoms with Gasteiger partial charge in [-0.15, -0.1) is 8.78 Å². The molecule has 1 aromatic heterocycles. The summed E-state index contributed by atoms with van der Waals surface area (Å²) in [6.45, 7) is 3.76. The monoisotopic (exact) mass is 827 g/mol. The normalized spacial score (nSPS) is 35.7. The SMILES string of the molecule is C[C@H]1CC/C=C\[C@@H]2C[C@@]2(C(=O)NS(=O)(=O)C2CC2)NC(=O)[C@@H]2C[C@@H](Oc3nccc4c5c(ccc34)OC(F)(F)O5)CN2C(=O)[C@@H](N(C(=O)O)[C@H]2CC3C[C@H]3C2)[C@H](C)C1. The van der Waals surface area contributed by atoms with Crippen molar-refractivity contribution >= 4 is 44.6 Å². The minimum atomic E-state index is -3.96. The van der Waals surface area contributed by atoms with Crippen LogP contribution in [0.4, 0.5) is 13.6 Å². The fraction of sp³-hybridized carbons (Fsp3) is 0.625. The van der Waals surface area contributed by atoms with Crippen LogP contribution < -0.4 is 24.2 Å². The number of carbonyl (C=O) groups is 4. The van der Waals surface area contributed by atoms with E-state index in [4.69, 9.17) is 9.47 Å². The number of carbonyl (C=O) groups excluding carboxylic acids is 3. The molecule has 1 saturated heterocycles. The van der Waals surface area contributed by atoms with Crippen molar-refractivity contribution in [2.24, 2.45) is 29.6 Å². The average molecular weight is 828 g/mol. The lowest BCUT2D eigenvalue weighted by molar-refractivity contribution is -0.286. The molecule has 5 fully saturated rings. The summed E-state index contributed by atoms with van der Waals surface area (Å²) >= 11 is 0. The van der Waals surface area contributed by atoms with Crippen molar-refractivity contribution in [3.05, 3.63) is 36.5 Å². The van der Waals surface area contributed by atoms with Gasteiger partial charge >= 0.3 is 12.4 Å². The number of hydrogen-bond donors (Lipinski definition) is 3. The molecule has 10 atom stereocenters. The maximum absolute atomic E-state index is 15.2. The Labute approximate surface area is 333 Å². The Kier molecular flexibility index (Phi) is 9.31. The molecule has 0 radical (unpaired) electrons. The van der Waals surface area contributed by atoms with Crippen LogP contribution in [0.1, 0.15) is 78.1 Å². The van der Waals surface area contributed by atoms with Gasteiger partial charge < -0.3 is 29.5 Å². The first-order valence-corrected chi connectivity index (χ1v) is 21.8. The molecule has 2 aromatic rings. The molecule has 15 nitrogen and oxygen atoms in total. The zero-order chi connectivity index (χ0) is 40.9. The molecule has 3 aliphatic heterocycles. The molecule has 1 aromatic carbocycles. The highest BCUT2D eigenvalue weighted by molar-refractivity contribution is 7.91. The average Bonchev–Trinajstić information content (AvgIpc) is 4.12. The van der Waals surface area contributed by atoms with Crippen LogP contribution in [0.15, 0.2) is 36.5 Å². The molecule has 3 N–H and O–H groups in total. The summed E-state index contributed by atoms with van der Waals surface area (Å²) in [6, 6.07) is 1.50. The van der Waals surface area contributed by atoms with Crippen LogP contribution in [0, 0.1) is 29.6 Å². The summed E-state index contributed by atoms with van der Waals surface area (Å²) in [7, 11) is -3.96. The van der Waals surface area contributed by atoms with Crippen molar-refractivity contribution < 1.29 is 55.7 Å². The number of pyridine rings is 1. The van der Waals surface area contributed by atoms with Gasteiger partial charge in [0, 0.05) is 35.3 Å². The molecule has 1 unspecified atom stereocenters. The van der Waals surface area contributed by atoms with Gasteiger partial charge in [-0.05, 0) is 99.7 Å². The maximum atomic E-state index is 15.2. The quantitative estimate of drug-likeness (QED) is 0.332. The van der Waals surface area contributed by atoms with E-state index in [1.165, 1.54) is 34.2 Å². The zero-order valence-electron chi connectivity index (χ0n) is 32.1. The number of allylic oxidation sites excluding steroid dienone is 1. The number of sulfonamides is 1. The number of fused-ring (bicyclic) bond motifs is 6. The van der Waals surface area contributed by atoms with E-state index in [1.54, 1.807) is 0 Å². The van der Waals surface area contributed by atoms with Gasteiger partial charge in [0.1, 0.15) is 23.7 Å². The second-order valence-corrected chi connectivity index (χ2v) is 19.5. The Balaban J connectivity index is 1.07. The molecule has 4 saturated carbocycles. The Morgan fingerprint density at radius 1 is 1.03 bits per heavy atom. The second kappa shape index (κ2) is 13.9. The van der Waals surface area contributed by atoms with Gasteiger partial charge in [0.05, 0.1) is 11.8 Å². The number of aromatic nitrogens is 1. The molecular formula is C40H47F2N5O10S. The molecule has 4 amide bonds. The maximum Gasteiger partial charge on any atom is 0.586 e. The Bertz CT molecular complexity index is 2190. The van der Waals surface area contributed by atoms with Crippen LogP contribution >= 0.6 is 0 Å². The van der Waals surface area contributed by atoms with Gasteiger partial charge in [-0.25, -0.2) is 18.2 Å². The number of rotatable bonds is 7. The molecular weight excluding hydrogens is 781 g/mol. The van der Waals surface area contributed by atoms with Crippen LogP contribution in [0.3, 0.4) is 0 Å². The van der Waals surface area contributed by atoms with E-state index in [0.29, 0.717) is 55.7 Å². The predicted octanol–water partition coefficient (Wildman–Crippen LogP) is 4.55. The Hall–Kier alpha value is -4.74. The van der Waals surface area contributed by atoms with Crippen molar-refractivity contribution in [1.82, 2.24) is 24.8 Å². The van der Waals surface area contributed by atoms with Crippen LogP contribution in [-0.2, 0) is 24.4 Å². The first kappa shape index (κ1) is 38.8. The molecule has 0 bridgehead atoms. The molecule has 4 aliphatic carbocycles. The first-order valence-electron chi connectivity index (χ1n) is 20.2. The third-order valence-electron chi connectivity index (χ3n) is 13.3. The van der Waals surface area contributed by atoms with Crippen LogP contribution in [0.5, 0.6) is 17.4 Å². The fourth-order valence-corrected chi connectivity index (χ4v) is 11.3. The van der Waals surface area contributed by atoms with E-state index in [-0.39, 0.29) is 54.1 Å². The van der Waals surface area contributed by atoms with E-state index in [2.05, 4.69) is 26.7 Å². The number of hydrogen-bond acceptors (Lipinski definition) is 10. The van der Waals surface area contributed by atoms with Gasteiger partial charge in [0.25, 0.3) is 5.91 Å². The van der Waals surface area contributed by atoms with Crippen molar-refractivity contribution in [3.63, 3.8) is 0 Å². The highest BCUT2D eigenvalue weighted by atomic mass is 32.2. The minimum Gasteiger partial charge on any atom is -0.472 e. The molecule has 0 spiro atoms. The number of amides is 4. The van der Waals surface area contributed by atoms with Gasteiger partial charge in [0.2, 0.25) is 27.7 Å². The Morgan fingerprint density at radius 2 is 1.79 bits per heavy atom. The van der Waals surface area contributed by atoms with Gasteiger partial charge in [0.15, 0.2) is 11.5 Å². The highest BCUT2D eigenvalue weighted by Gasteiger charge is 2.62. The summed E-state index contributed by atoms with van der Waals surface area (Å²) < 4.78 is 71.9. The molecule has 9 rings (SSSR count). The fourth-order valence-electron chi connectivity index (χ4n) is 9.97. The van der Waals surface area contributed by atoms with E-state index in [1.807, 2.05) is 19.1 Å². The van der Waals surface area contributed by atoms with Gasteiger partial charge in [-0.2, -0.15) is 0 Å². The third-order valence-corrected chi connectivity index (χ3v) is 15.1. The number of carboxylic acid groups (broad SMARTS) is 1. The number of alkyl halides is 2. The lowest BCUT2D eigenvalue weighted by Gasteiger charge is -2.40. The topological polar surface area (TPSA) is 194 Å². The lowest BCUT2D eigenvalue weighted by atomic mass is 9.86. The van der Waals surface area contributed by atoms with Crippen molar-refractivity contribution in [1.29, 1.82) is 0 Å². The second-order valence-electron chi connectivity index (χ2n) is 17.5. The first-order chi connectivity index (χ1) is 27.5. The van der Waals surface area contributed by atoms with Gasteiger partial charge in [-0.1, -0.05) is 26.0 Å². The van der Waals surface area contributed by atoms with Crippen molar-refractivity contribution in [2.45, 2.75) is 119 Å². The summed E-state index contributed by atoms with van der Waals surface area (Å²) in [5.41, 5.74) is -1.60. The number of nitrogens with one attached hydrogen (secondary N) is 2. The Morgan fingerprint density at radius 3 is 2.52 bits per heavy atom. The van der Waals surface area contributed by atoms with E-state index < -0.39 is 80.9 Å². The van der Waals surface area contributed by atoms with E-state index in [0.717, 1.165) is 12.8 Å². The smallest absolute Gasteiger partial charge is 0.472 e. The molecule has 7 aliphatic rings. The third kappa shape index (κ3) is 7.08. The van der Waals surface area contributed by atoms with Gasteiger partial charge in [-0.3, -0.25) is 24.0 Å². The zero-order valence-corrected chi connectivity index (χ0v) is 33.0. The molecule has 4 heterocycles. The van der Waals surface area contributed by atoms with E-state index >= 15 is 4.79 Å². The number of benzene rings is 1. The predicted molar refractivity (Wildman–Crippen MR) is 201 cm³/mol. The molecule has 18 heteroatoms. The molecule has 312 valence electrons. The number of nitrogens with zero attached hydrogens (tertiary/aromatic N) is 3. The summed E-state index contributed by atoms with van der Waals surface area (Å²) in [5, 5.41) is 13.5. The van der Waals surface area contributed by atoms with Crippen LogP contribution in [0.25, 0.3) is 10.8 Å². The van der Waals surface area contributed by atoms with E-state index in [9.17, 15) is 36.7 Å². The number of ether oxygens (including phenoxy) is 3. The minimum absolute atomic E-state index is 0.0179. The van der Waals surface area contributed by atoms with Crippen LogP contribution in [-0.4, -0.2) is 100.0 Å². The summed E-state index contributed by atoms with van der Waals surface area (Å²) in [5.74, 6) is -2.51. The summed E-state index contributed by atoms with van der Waals surface area (Å²) in [4.78, 5) is 63.9. The van der Waals surface area contributed by atoms with Crippen molar-refractivity contribution in [3.8, 4) is 17.4 Å². The summed E-state index contributed by atoms with van der Waals surface area (Å²) in [6.07, 6.45) is 4.26. The van der Waals surface area contributed by atoms with Crippen LogP contribution in [0.2, 0.25) is 0 Å². The van der Waals surface area contributed by atoms with Crippen molar-refractivity contribution in [2.75, 3.05) is 6.54 Å².